The third kappa shape index (κ3) is 3.07. The van der Waals surface area contributed by atoms with Gasteiger partial charge in [-0.3, -0.25) is 9.67 Å². The molecule has 3 heterocycles. The van der Waals surface area contributed by atoms with Gasteiger partial charge in [-0.25, -0.2) is 4.98 Å². The molecule has 6 heteroatoms. The summed E-state index contributed by atoms with van der Waals surface area (Å²) in [7, 11) is 0. The summed E-state index contributed by atoms with van der Waals surface area (Å²) >= 11 is 0. The average Bonchev–Trinajstić information content (AvgIpc) is 2.99. The lowest BCUT2D eigenvalue weighted by molar-refractivity contribution is 0.353. The summed E-state index contributed by atoms with van der Waals surface area (Å²) in [6, 6.07) is 1.97. The second-order valence-electron chi connectivity index (χ2n) is 5.29. The zero-order chi connectivity index (χ0) is 13.8. The summed E-state index contributed by atoms with van der Waals surface area (Å²) in [6.45, 7) is 3.07. The topological polar surface area (TPSA) is 72.9 Å². The van der Waals surface area contributed by atoms with Crippen LogP contribution in [0.4, 0.5) is 11.6 Å². The molecule has 0 atom stereocenters. The average molecular weight is 272 g/mol. The van der Waals surface area contributed by atoms with Crippen molar-refractivity contribution in [3.63, 3.8) is 0 Å². The number of nitrogens with two attached hydrogens (primary N) is 1. The SMILES string of the molecule is Nc1cncc(N2CCC(CCn3cccn3)CC2)n1. The van der Waals surface area contributed by atoms with Crippen molar-refractivity contribution >= 4 is 11.6 Å². The van der Waals surface area contributed by atoms with E-state index in [0.717, 1.165) is 31.4 Å². The van der Waals surface area contributed by atoms with Crippen LogP contribution >= 0.6 is 0 Å². The molecule has 2 N–H and O–H groups in total. The standard InChI is InChI=1S/C14H20N6/c15-13-10-16-11-14(18-13)19-7-2-12(3-8-19)4-9-20-6-1-5-17-20/h1,5-6,10-12H,2-4,7-9H2,(H2,15,18). The van der Waals surface area contributed by atoms with Crippen molar-refractivity contribution in [2.24, 2.45) is 5.92 Å². The summed E-state index contributed by atoms with van der Waals surface area (Å²) < 4.78 is 2.01. The lowest BCUT2D eigenvalue weighted by Crippen LogP contribution is -2.34. The van der Waals surface area contributed by atoms with Crippen molar-refractivity contribution in [1.29, 1.82) is 0 Å². The second-order valence-corrected chi connectivity index (χ2v) is 5.29. The van der Waals surface area contributed by atoms with Gasteiger partial charge in [-0.15, -0.1) is 0 Å². The van der Waals surface area contributed by atoms with Gasteiger partial charge in [-0.2, -0.15) is 5.10 Å². The fourth-order valence-electron chi connectivity index (χ4n) is 2.72. The van der Waals surface area contributed by atoms with Gasteiger partial charge in [0.15, 0.2) is 0 Å². The molecule has 0 radical (unpaired) electrons. The first-order valence-electron chi connectivity index (χ1n) is 7.11. The van der Waals surface area contributed by atoms with E-state index in [-0.39, 0.29) is 0 Å². The molecule has 6 nitrogen and oxygen atoms in total. The van der Waals surface area contributed by atoms with Crippen molar-refractivity contribution in [2.75, 3.05) is 23.7 Å². The van der Waals surface area contributed by atoms with Crippen molar-refractivity contribution < 1.29 is 0 Å². The van der Waals surface area contributed by atoms with Crippen molar-refractivity contribution in [2.45, 2.75) is 25.8 Å². The predicted molar refractivity (Wildman–Crippen MR) is 78.2 cm³/mol. The zero-order valence-electron chi connectivity index (χ0n) is 11.5. The van der Waals surface area contributed by atoms with Gasteiger partial charge < -0.3 is 10.6 Å². The van der Waals surface area contributed by atoms with Gasteiger partial charge in [0, 0.05) is 32.0 Å². The lowest BCUT2D eigenvalue weighted by atomic mass is 9.93. The largest absolute Gasteiger partial charge is 0.382 e. The Morgan fingerprint density at radius 1 is 1.25 bits per heavy atom. The molecule has 0 aliphatic carbocycles. The van der Waals surface area contributed by atoms with Crippen LogP contribution in [0.1, 0.15) is 19.3 Å². The number of nitrogens with zero attached hydrogens (tertiary/aromatic N) is 5. The van der Waals surface area contributed by atoms with E-state index in [9.17, 15) is 0 Å². The number of anilines is 2. The molecule has 1 fully saturated rings. The highest BCUT2D eigenvalue weighted by molar-refractivity contribution is 5.41. The highest BCUT2D eigenvalue weighted by atomic mass is 15.3. The molecule has 0 saturated carbocycles. The van der Waals surface area contributed by atoms with Crippen LogP contribution in [0.5, 0.6) is 0 Å². The first-order chi connectivity index (χ1) is 9.81. The van der Waals surface area contributed by atoms with E-state index >= 15 is 0 Å². The fraction of sp³-hybridized carbons (Fsp3) is 0.500. The molecule has 0 aromatic carbocycles. The van der Waals surface area contributed by atoms with E-state index in [1.54, 1.807) is 12.4 Å². The Balaban J connectivity index is 1.49. The molecule has 0 bridgehead atoms. The van der Waals surface area contributed by atoms with E-state index in [1.807, 2.05) is 23.1 Å². The van der Waals surface area contributed by atoms with Gasteiger partial charge in [0.2, 0.25) is 0 Å². The Morgan fingerprint density at radius 2 is 2.10 bits per heavy atom. The summed E-state index contributed by atoms with van der Waals surface area (Å²) in [5.74, 6) is 2.16. The molecule has 2 aromatic heterocycles. The number of piperidine rings is 1. The molecule has 106 valence electrons. The first kappa shape index (κ1) is 12.9. The van der Waals surface area contributed by atoms with Crippen molar-refractivity contribution in [3.8, 4) is 0 Å². The highest BCUT2D eigenvalue weighted by Crippen LogP contribution is 2.24. The quantitative estimate of drug-likeness (QED) is 0.914. The smallest absolute Gasteiger partial charge is 0.149 e. The maximum absolute atomic E-state index is 5.68. The van der Waals surface area contributed by atoms with Gasteiger partial charge in [0.25, 0.3) is 0 Å². The predicted octanol–water partition coefficient (Wildman–Crippen LogP) is 1.56. The number of hydrogen-bond donors (Lipinski definition) is 1. The van der Waals surface area contributed by atoms with Crippen LogP contribution < -0.4 is 10.6 Å². The molecule has 1 saturated heterocycles. The van der Waals surface area contributed by atoms with E-state index in [0.29, 0.717) is 5.82 Å². The van der Waals surface area contributed by atoms with E-state index in [2.05, 4.69) is 20.0 Å². The molecular formula is C14H20N6. The monoisotopic (exact) mass is 272 g/mol. The van der Waals surface area contributed by atoms with Crippen LogP contribution in [-0.4, -0.2) is 32.8 Å². The molecule has 1 aliphatic rings. The summed E-state index contributed by atoms with van der Waals surface area (Å²) in [5.41, 5.74) is 5.68. The van der Waals surface area contributed by atoms with Gasteiger partial charge >= 0.3 is 0 Å². The molecule has 20 heavy (non-hydrogen) atoms. The van der Waals surface area contributed by atoms with E-state index < -0.39 is 0 Å². The molecule has 2 aromatic rings. The van der Waals surface area contributed by atoms with Crippen LogP contribution in [0.15, 0.2) is 30.9 Å². The summed E-state index contributed by atoms with van der Waals surface area (Å²) in [6.07, 6.45) is 10.8. The van der Waals surface area contributed by atoms with Crippen molar-refractivity contribution in [1.82, 2.24) is 19.7 Å². The maximum atomic E-state index is 5.68. The number of rotatable bonds is 4. The highest BCUT2D eigenvalue weighted by Gasteiger charge is 2.20. The van der Waals surface area contributed by atoms with Gasteiger partial charge in [-0.1, -0.05) is 0 Å². The Hall–Kier alpha value is -2.11. The van der Waals surface area contributed by atoms with Crippen molar-refractivity contribution in [3.05, 3.63) is 30.9 Å². The number of aromatic nitrogens is 4. The number of aryl methyl sites for hydroxylation is 1. The van der Waals surface area contributed by atoms with Gasteiger partial charge in [0.1, 0.15) is 11.6 Å². The minimum Gasteiger partial charge on any atom is -0.382 e. The van der Waals surface area contributed by atoms with Crippen LogP contribution in [0.25, 0.3) is 0 Å². The fourth-order valence-corrected chi connectivity index (χ4v) is 2.72. The lowest BCUT2D eigenvalue weighted by Gasteiger charge is -2.32. The Bertz CT molecular complexity index is 530. The van der Waals surface area contributed by atoms with Gasteiger partial charge in [-0.05, 0) is 31.2 Å². The summed E-state index contributed by atoms with van der Waals surface area (Å²) in [5, 5.41) is 4.25. The van der Waals surface area contributed by atoms with E-state index in [1.165, 1.54) is 19.3 Å². The molecule has 3 rings (SSSR count). The maximum Gasteiger partial charge on any atom is 0.149 e. The van der Waals surface area contributed by atoms with Gasteiger partial charge in [0.05, 0.1) is 12.4 Å². The number of nitrogen functional groups attached to an aromatic ring is 1. The van der Waals surface area contributed by atoms with Crippen LogP contribution in [-0.2, 0) is 6.54 Å². The Morgan fingerprint density at radius 3 is 2.80 bits per heavy atom. The second kappa shape index (κ2) is 5.90. The normalized spacial score (nSPS) is 16.5. The molecule has 1 aliphatic heterocycles. The number of hydrogen-bond acceptors (Lipinski definition) is 5. The summed E-state index contributed by atoms with van der Waals surface area (Å²) in [4.78, 5) is 10.7. The Kier molecular flexibility index (Phi) is 3.80. The Labute approximate surface area is 118 Å². The minimum atomic E-state index is 0.489. The molecule has 0 unspecified atom stereocenters. The third-order valence-electron chi connectivity index (χ3n) is 3.90. The zero-order valence-corrected chi connectivity index (χ0v) is 11.5. The van der Waals surface area contributed by atoms with E-state index in [4.69, 9.17) is 5.73 Å². The van der Waals surface area contributed by atoms with Crippen LogP contribution in [0.2, 0.25) is 0 Å². The van der Waals surface area contributed by atoms with Crippen LogP contribution in [0.3, 0.4) is 0 Å². The first-order valence-corrected chi connectivity index (χ1v) is 7.11. The minimum absolute atomic E-state index is 0.489. The molecule has 0 spiro atoms. The third-order valence-corrected chi connectivity index (χ3v) is 3.90. The molecular weight excluding hydrogens is 252 g/mol. The van der Waals surface area contributed by atoms with Crippen LogP contribution in [0, 0.1) is 5.92 Å². The molecule has 0 amide bonds.